The third kappa shape index (κ3) is 4.28. The molecule has 0 amide bonds. The van der Waals surface area contributed by atoms with Crippen molar-refractivity contribution < 1.29 is 14.3 Å². The molecular weight excluding hydrogens is 410 g/mol. The van der Waals surface area contributed by atoms with E-state index < -0.39 is 0 Å². The largest absolute Gasteiger partial charge is 0.491 e. The Labute approximate surface area is 195 Å². The van der Waals surface area contributed by atoms with Crippen molar-refractivity contribution in [1.29, 1.82) is 0 Å². The number of hydrogen-bond acceptors (Lipinski definition) is 3. The lowest BCUT2D eigenvalue weighted by Gasteiger charge is -2.13. The van der Waals surface area contributed by atoms with Crippen molar-refractivity contribution >= 4 is 27.6 Å². The maximum atomic E-state index is 12.0. The number of carbonyl (C=O) groups is 1. The highest BCUT2D eigenvalue weighted by molar-refractivity contribution is 6.10. The van der Waals surface area contributed by atoms with E-state index in [4.69, 9.17) is 9.47 Å². The zero-order valence-electron chi connectivity index (χ0n) is 19.7. The van der Waals surface area contributed by atoms with Gasteiger partial charge in [-0.15, -0.1) is 0 Å². The van der Waals surface area contributed by atoms with Gasteiger partial charge in [-0.3, -0.25) is 4.79 Å². The molecule has 4 aromatic rings. The fraction of sp³-hybridized carbons (Fsp3) is 0.345. The van der Waals surface area contributed by atoms with Gasteiger partial charge in [-0.1, -0.05) is 12.1 Å². The highest BCUT2D eigenvalue weighted by Gasteiger charge is 2.16. The van der Waals surface area contributed by atoms with Crippen LogP contribution in [0.5, 0.6) is 5.75 Å². The number of benzene rings is 3. The van der Waals surface area contributed by atoms with Gasteiger partial charge in [0.15, 0.2) is 5.78 Å². The first-order valence-corrected chi connectivity index (χ1v) is 11.9. The van der Waals surface area contributed by atoms with Crippen LogP contribution in [0.3, 0.4) is 0 Å². The van der Waals surface area contributed by atoms with Crippen molar-refractivity contribution in [2.75, 3.05) is 13.2 Å². The molecule has 1 aromatic heterocycles. The van der Waals surface area contributed by atoms with Gasteiger partial charge >= 0.3 is 0 Å². The van der Waals surface area contributed by atoms with E-state index in [0.717, 1.165) is 49.1 Å². The van der Waals surface area contributed by atoms with Gasteiger partial charge in [0.1, 0.15) is 12.4 Å². The second kappa shape index (κ2) is 9.03. The van der Waals surface area contributed by atoms with Gasteiger partial charge in [-0.2, -0.15) is 0 Å². The van der Waals surface area contributed by atoms with Crippen molar-refractivity contribution in [2.24, 2.45) is 0 Å². The molecule has 1 fully saturated rings. The van der Waals surface area contributed by atoms with Gasteiger partial charge in [0, 0.05) is 40.5 Å². The number of Topliss-reactive ketones (excluding diaryl/α,β-unsaturated/α-hetero) is 1. The summed E-state index contributed by atoms with van der Waals surface area (Å²) in [5.74, 6) is 1.01. The minimum atomic E-state index is 0.0999. The molecule has 1 saturated heterocycles. The maximum absolute atomic E-state index is 12.0. The van der Waals surface area contributed by atoms with Crippen LogP contribution in [0.4, 0.5) is 0 Å². The number of carbonyl (C=O) groups excluding carboxylic acids is 1. The molecular formula is C29H31NO3. The number of rotatable bonds is 7. The molecule has 33 heavy (non-hydrogen) atoms. The van der Waals surface area contributed by atoms with Gasteiger partial charge < -0.3 is 14.0 Å². The molecule has 4 nitrogen and oxygen atoms in total. The highest BCUT2D eigenvalue weighted by Crippen LogP contribution is 2.32. The van der Waals surface area contributed by atoms with E-state index in [1.807, 2.05) is 12.1 Å². The average Bonchev–Trinajstić information content (AvgIpc) is 3.44. The Balaban J connectivity index is 1.43. The fourth-order valence-corrected chi connectivity index (χ4v) is 4.96. The van der Waals surface area contributed by atoms with Gasteiger partial charge in [0.25, 0.3) is 0 Å². The second-order valence-corrected chi connectivity index (χ2v) is 9.09. The van der Waals surface area contributed by atoms with E-state index in [9.17, 15) is 4.79 Å². The number of fused-ring (bicyclic) bond motifs is 3. The zero-order chi connectivity index (χ0) is 22.9. The summed E-state index contributed by atoms with van der Waals surface area (Å²) < 4.78 is 14.0. The van der Waals surface area contributed by atoms with Crippen LogP contribution in [0.15, 0.2) is 54.6 Å². The van der Waals surface area contributed by atoms with E-state index in [1.54, 1.807) is 6.92 Å². The number of ether oxygens (including phenoxy) is 2. The molecule has 0 aliphatic carbocycles. The molecule has 0 radical (unpaired) electrons. The van der Waals surface area contributed by atoms with Crippen molar-refractivity contribution in [2.45, 2.75) is 52.7 Å². The molecule has 4 heteroatoms. The standard InChI is InChI=1S/C29H31NO3/c1-4-30-28-11-7-21(16-26(28)27-17-23(20(3)31)9-12-29(27)30)15-22-8-10-24(14-19(22)2)33-18-25-6-5-13-32-25/h7-12,14,16-17,25H,4-6,13,15,18H2,1-3H3. The minimum absolute atomic E-state index is 0.0999. The summed E-state index contributed by atoms with van der Waals surface area (Å²) in [6.07, 6.45) is 3.30. The second-order valence-electron chi connectivity index (χ2n) is 9.09. The van der Waals surface area contributed by atoms with E-state index in [0.29, 0.717) is 6.61 Å². The SMILES string of the molecule is CCn1c2ccc(Cc3ccc(OCC4CCCO4)cc3C)cc2c2cc(C(C)=O)ccc21. The molecule has 5 rings (SSSR count). The quantitative estimate of drug-likeness (QED) is 0.308. The number of ketones is 1. The Morgan fingerprint density at radius 1 is 1.06 bits per heavy atom. The molecule has 0 spiro atoms. The summed E-state index contributed by atoms with van der Waals surface area (Å²) in [4.78, 5) is 12.0. The zero-order valence-corrected chi connectivity index (χ0v) is 19.7. The van der Waals surface area contributed by atoms with Crippen LogP contribution in [0.2, 0.25) is 0 Å². The van der Waals surface area contributed by atoms with Crippen LogP contribution in [-0.2, 0) is 17.7 Å². The first kappa shape index (κ1) is 21.7. The Hall–Kier alpha value is -3.11. The van der Waals surface area contributed by atoms with Crippen molar-refractivity contribution in [3.63, 3.8) is 0 Å². The molecule has 3 aromatic carbocycles. The Morgan fingerprint density at radius 2 is 1.85 bits per heavy atom. The summed E-state index contributed by atoms with van der Waals surface area (Å²) in [7, 11) is 0. The van der Waals surface area contributed by atoms with Gasteiger partial charge in [0.05, 0.1) is 6.10 Å². The van der Waals surface area contributed by atoms with E-state index in [1.165, 1.54) is 33.1 Å². The number of aryl methyl sites for hydroxylation is 2. The predicted octanol–water partition coefficient (Wildman–Crippen LogP) is 6.47. The summed E-state index contributed by atoms with van der Waals surface area (Å²) >= 11 is 0. The molecule has 170 valence electrons. The van der Waals surface area contributed by atoms with Crippen LogP contribution >= 0.6 is 0 Å². The third-order valence-electron chi connectivity index (χ3n) is 6.82. The minimum Gasteiger partial charge on any atom is -0.491 e. The van der Waals surface area contributed by atoms with Gasteiger partial charge in [-0.25, -0.2) is 0 Å². The Bertz CT molecular complexity index is 1330. The molecule has 1 atom stereocenters. The summed E-state index contributed by atoms with van der Waals surface area (Å²) in [5, 5.41) is 2.36. The lowest BCUT2D eigenvalue weighted by atomic mass is 9.98. The lowest BCUT2D eigenvalue weighted by Crippen LogP contribution is -2.16. The van der Waals surface area contributed by atoms with Crippen LogP contribution in [0, 0.1) is 6.92 Å². The van der Waals surface area contributed by atoms with Crippen molar-refractivity contribution in [3.8, 4) is 5.75 Å². The van der Waals surface area contributed by atoms with Crippen LogP contribution < -0.4 is 4.74 Å². The van der Waals surface area contributed by atoms with Gasteiger partial charge in [-0.05, 0) is 99.2 Å². The van der Waals surface area contributed by atoms with E-state index in [-0.39, 0.29) is 11.9 Å². The topological polar surface area (TPSA) is 40.5 Å². The number of aromatic nitrogens is 1. The van der Waals surface area contributed by atoms with Crippen LogP contribution in [-0.4, -0.2) is 29.7 Å². The van der Waals surface area contributed by atoms with Crippen LogP contribution in [0.25, 0.3) is 21.8 Å². The average molecular weight is 442 g/mol. The van der Waals surface area contributed by atoms with Crippen molar-refractivity contribution in [3.05, 3.63) is 76.9 Å². The third-order valence-corrected chi connectivity index (χ3v) is 6.82. The van der Waals surface area contributed by atoms with Gasteiger partial charge in [0.2, 0.25) is 0 Å². The predicted molar refractivity (Wildman–Crippen MR) is 134 cm³/mol. The smallest absolute Gasteiger partial charge is 0.159 e. The Kier molecular flexibility index (Phi) is 5.94. The first-order chi connectivity index (χ1) is 16.0. The molecule has 0 saturated carbocycles. The lowest BCUT2D eigenvalue weighted by molar-refractivity contribution is 0.0679. The Morgan fingerprint density at radius 3 is 2.55 bits per heavy atom. The van der Waals surface area contributed by atoms with Crippen LogP contribution in [0.1, 0.15) is 53.7 Å². The molecule has 0 N–H and O–H groups in total. The number of nitrogens with zero attached hydrogens (tertiary/aromatic N) is 1. The molecule has 0 bridgehead atoms. The maximum Gasteiger partial charge on any atom is 0.159 e. The summed E-state index contributed by atoms with van der Waals surface area (Å²) in [6, 6.07) is 19.2. The molecule has 2 heterocycles. The highest BCUT2D eigenvalue weighted by atomic mass is 16.5. The molecule has 1 aliphatic rings. The first-order valence-electron chi connectivity index (χ1n) is 11.9. The summed E-state index contributed by atoms with van der Waals surface area (Å²) in [5.41, 5.74) is 6.95. The number of hydrogen-bond donors (Lipinski definition) is 0. The van der Waals surface area contributed by atoms with E-state index in [2.05, 4.69) is 60.9 Å². The van der Waals surface area contributed by atoms with Crippen molar-refractivity contribution in [1.82, 2.24) is 4.57 Å². The molecule has 1 aliphatic heterocycles. The fourth-order valence-electron chi connectivity index (χ4n) is 4.96. The normalized spacial score (nSPS) is 16.0. The molecule has 1 unspecified atom stereocenters. The summed E-state index contributed by atoms with van der Waals surface area (Å²) in [6.45, 7) is 8.31. The monoisotopic (exact) mass is 441 g/mol. The van der Waals surface area contributed by atoms with E-state index >= 15 is 0 Å².